The minimum absolute atomic E-state index is 0.533. The lowest BCUT2D eigenvalue weighted by atomic mass is 10.2. The molecule has 0 spiro atoms. The number of nitrogens with zero attached hydrogens (tertiary/aromatic N) is 2. The van der Waals surface area contributed by atoms with Gasteiger partial charge < -0.3 is 4.90 Å². The fraction of sp³-hybridized carbons (Fsp3) is 1.00. The highest BCUT2D eigenvalue weighted by molar-refractivity contribution is 7.86. The average Bonchev–Trinajstić information content (AvgIpc) is 2.18. The zero-order valence-electron chi connectivity index (χ0n) is 9.35. The second kappa shape index (κ2) is 5.79. The van der Waals surface area contributed by atoms with Gasteiger partial charge in [-0.2, -0.15) is 12.7 Å². The van der Waals surface area contributed by atoms with E-state index in [0.717, 1.165) is 19.6 Å². The Bertz CT molecular complexity index is 271. The molecule has 1 saturated heterocycles. The van der Waals surface area contributed by atoms with E-state index < -0.39 is 10.2 Å². The van der Waals surface area contributed by atoms with Crippen molar-refractivity contribution >= 4 is 10.2 Å². The number of hydrogen-bond donors (Lipinski definition) is 1. The van der Waals surface area contributed by atoms with Crippen LogP contribution in [-0.2, 0) is 10.2 Å². The van der Waals surface area contributed by atoms with Gasteiger partial charge in [0.15, 0.2) is 0 Å². The molecule has 1 fully saturated rings. The highest BCUT2D eigenvalue weighted by Gasteiger charge is 2.23. The number of rotatable bonds is 5. The number of piperazine rings is 1. The predicted octanol–water partition coefficient (Wildman–Crippen LogP) is -0.00230. The first kappa shape index (κ1) is 12.9. The summed E-state index contributed by atoms with van der Waals surface area (Å²) >= 11 is 0. The number of hydrogen-bond acceptors (Lipinski definition) is 3. The van der Waals surface area contributed by atoms with Gasteiger partial charge in [-0.15, -0.1) is 0 Å². The molecular formula is C9H21N3O2S. The zero-order chi connectivity index (χ0) is 11.3. The van der Waals surface area contributed by atoms with Crippen molar-refractivity contribution in [1.29, 1.82) is 0 Å². The van der Waals surface area contributed by atoms with Crippen LogP contribution in [0.2, 0.25) is 0 Å². The van der Waals surface area contributed by atoms with Gasteiger partial charge in [-0.05, 0) is 13.0 Å². The summed E-state index contributed by atoms with van der Waals surface area (Å²) in [6.45, 7) is 5.93. The van der Waals surface area contributed by atoms with Crippen LogP contribution in [0.15, 0.2) is 0 Å². The largest absolute Gasteiger partial charge is 0.301 e. The zero-order valence-corrected chi connectivity index (χ0v) is 10.2. The molecule has 0 aromatic carbocycles. The fourth-order valence-electron chi connectivity index (χ4n) is 1.79. The third-order valence-electron chi connectivity index (χ3n) is 2.77. The number of unbranched alkanes of at least 4 members (excludes halogenated alkanes) is 2. The predicted molar refractivity (Wildman–Crippen MR) is 60.6 cm³/mol. The normalized spacial score (nSPS) is 20.7. The van der Waals surface area contributed by atoms with Gasteiger partial charge in [0.1, 0.15) is 0 Å². The molecule has 0 saturated carbocycles. The molecule has 0 aromatic heterocycles. The van der Waals surface area contributed by atoms with E-state index in [0.29, 0.717) is 13.1 Å². The molecule has 2 N–H and O–H groups in total. The highest BCUT2D eigenvalue weighted by atomic mass is 32.2. The van der Waals surface area contributed by atoms with E-state index in [2.05, 4.69) is 11.8 Å². The lowest BCUT2D eigenvalue weighted by Gasteiger charge is -2.32. The molecule has 1 heterocycles. The number of nitrogens with two attached hydrogens (primary N) is 1. The van der Waals surface area contributed by atoms with E-state index in [-0.39, 0.29) is 0 Å². The van der Waals surface area contributed by atoms with Gasteiger partial charge in [-0.1, -0.05) is 19.8 Å². The Morgan fingerprint density at radius 1 is 1.13 bits per heavy atom. The van der Waals surface area contributed by atoms with Gasteiger partial charge >= 0.3 is 0 Å². The first-order valence-electron chi connectivity index (χ1n) is 5.54. The quantitative estimate of drug-likeness (QED) is 0.682. The van der Waals surface area contributed by atoms with Gasteiger partial charge in [-0.25, -0.2) is 5.14 Å². The summed E-state index contributed by atoms with van der Waals surface area (Å²) < 4.78 is 23.4. The van der Waals surface area contributed by atoms with Crippen molar-refractivity contribution in [1.82, 2.24) is 9.21 Å². The molecule has 0 aromatic rings. The highest BCUT2D eigenvalue weighted by Crippen LogP contribution is 2.06. The van der Waals surface area contributed by atoms with Crippen molar-refractivity contribution in [3.63, 3.8) is 0 Å². The summed E-state index contributed by atoms with van der Waals surface area (Å²) in [7, 11) is -3.47. The van der Waals surface area contributed by atoms with Crippen LogP contribution in [0.4, 0.5) is 0 Å². The molecule has 15 heavy (non-hydrogen) atoms. The van der Waals surface area contributed by atoms with Crippen molar-refractivity contribution in [2.45, 2.75) is 26.2 Å². The molecule has 90 valence electrons. The Morgan fingerprint density at radius 2 is 1.73 bits per heavy atom. The molecule has 0 bridgehead atoms. The van der Waals surface area contributed by atoms with E-state index in [1.165, 1.54) is 23.6 Å². The van der Waals surface area contributed by atoms with Crippen molar-refractivity contribution in [3.05, 3.63) is 0 Å². The molecule has 0 atom stereocenters. The summed E-state index contributed by atoms with van der Waals surface area (Å²) in [5.41, 5.74) is 0. The van der Waals surface area contributed by atoms with Gasteiger partial charge in [0.25, 0.3) is 10.2 Å². The summed E-state index contributed by atoms with van der Waals surface area (Å²) in [5, 5.41) is 5.06. The molecule has 6 heteroatoms. The minimum atomic E-state index is -3.47. The van der Waals surface area contributed by atoms with Crippen molar-refractivity contribution in [2.24, 2.45) is 5.14 Å². The Labute approximate surface area is 92.4 Å². The second-order valence-corrected chi connectivity index (χ2v) is 5.54. The van der Waals surface area contributed by atoms with Crippen molar-refractivity contribution in [2.75, 3.05) is 32.7 Å². The standard InChI is InChI=1S/C9H21N3O2S/c1-2-3-4-5-11-6-8-12(9-7-11)15(10,13)14/h2-9H2,1H3,(H2,10,13,14). The Balaban J connectivity index is 2.24. The third kappa shape index (κ3) is 4.46. The SMILES string of the molecule is CCCCCN1CCN(S(N)(=O)=O)CC1. The molecule has 5 nitrogen and oxygen atoms in total. The van der Waals surface area contributed by atoms with Crippen LogP contribution in [0.1, 0.15) is 26.2 Å². The summed E-state index contributed by atoms with van der Waals surface area (Å²) in [6, 6.07) is 0. The van der Waals surface area contributed by atoms with Crippen LogP contribution in [0.5, 0.6) is 0 Å². The van der Waals surface area contributed by atoms with E-state index in [1.54, 1.807) is 0 Å². The Kier molecular flexibility index (Phi) is 4.98. The summed E-state index contributed by atoms with van der Waals surface area (Å²) in [5.74, 6) is 0. The molecule has 0 unspecified atom stereocenters. The van der Waals surface area contributed by atoms with Crippen molar-refractivity contribution < 1.29 is 8.42 Å². The van der Waals surface area contributed by atoms with E-state index in [4.69, 9.17) is 5.14 Å². The Hall–Kier alpha value is -0.170. The van der Waals surface area contributed by atoms with E-state index in [1.807, 2.05) is 0 Å². The lowest BCUT2D eigenvalue weighted by molar-refractivity contribution is 0.185. The minimum Gasteiger partial charge on any atom is -0.301 e. The smallest absolute Gasteiger partial charge is 0.276 e. The van der Waals surface area contributed by atoms with Crippen LogP contribution >= 0.6 is 0 Å². The first-order valence-corrected chi connectivity index (χ1v) is 7.04. The van der Waals surface area contributed by atoms with Crippen LogP contribution < -0.4 is 5.14 Å². The maximum Gasteiger partial charge on any atom is 0.276 e. The average molecular weight is 235 g/mol. The van der Waals surface area contributed by atoms with Crippen LogP contribution in [0, 0.1) is 0 Å². The lowest BCUT2D eigenvalue weighted by Crippen LogP contribution is -2.50. The maximum atomic E-state index is 11.0. The Morgan fingerprint density at radius 3 is 2.20 bits per heavy atom. The van der Waals surface area contributed by atoms with Gasteiger partial charge in [0.2, 0.25) is 0 Å². The molecule has 0 radical (unpaired) electrons. The maximum absolute atomic E-state index is 11.0. The third-order valence-corrected chi connectivity index (χ3v) is 3.85. The summed E-state index contributed by atoms with van der Waals surface area (Å²) in [6.07, 6.45) is 3.67. The van der Waals surface area contributed by atoms with Gasteiger partial charge in [-0.3, -0.25) is 0 Å². The summed E-state index contributed by atoms with van der Waals surface area (Å²) in [4.78, 5) is 2.30. The van der Waals surface area contributed by atoms with Crippen LogP contribution in [-0.4, -0.2) is 50.3 Å². The van der Waals surface area contributed by atoms with Gasteiger partial charge in [0.05, 0.1) is 0 Å². The second-order valence-electron chi connectivity index (χ2n) is 3.99. The molecular weight excluding hydrogens is 214 g/mol. The molecule has 1 aliphatic heterocycles. The van der Waals surface area contributed by atoms with E-state index >= 15 is 0 Å². The van der Waals surface area contributed by atoms with Crippen LogP contribution in [0.3, 0.4) is 0 Å². The van der Waals surface area contributed by atoms with Crippen molar-refractivity contribution in [3.8, 4) is 0 Å². The molecule has 0 amide bonds. The molecule has 1 aliphatic rings. The van der Waals surface area contributed by atoms with Gasteiger partial charge in [0, 0.05) is 26.2 Å². The monoisotopic (exact) mass is 235 g/mol. The molecule has 0 aliphatic carbocycles. The fourth-order valence-corrected chi connectivity index (χ4v) is 2.47. The molecule has 1 rings (SSSR count). The van der Waals surface area contributed by atoms with Crippen LogP contribution in [0.25, 0.3) is 0 Å². The van der Waals surface area contributed by atoms with E-state index in [9.17, 15) is 8.42 Å². The topological polar surface area (TPSA) is 66.6 Å². The first-order chi connectivity index (χ1) is 7.04.